The van der Waals surface area contributed by atoms with E-state index < -0.39 is 0 Å². The van der Waals surface area contributed by atoms with E-state index in [4.69, 9.17) is 5.84 Å². The van der Waals surface area contributed by atoms with Gasteiger partial charge in [0, 0.05) is 6.54 Å². The van der Waals surface area contributed by atoms with Gasteiger partial charge in [-0.25, -0.2) is 5.84 Å². The Morgan fingerprint density at radius 2 is 1.91 bits per heavy atom. The van der Waals surface area contributed by atoms with E-state index in [1.54, 1.807) is 5.01 Å². The van der Waals surface area contributed by atoms with Crippen molar-refractivity contribution in [2.45, 2.75) is 13.3 Å². The highest BCUT2D eigenvalue weighted by Crippen LogP contribution is 2.08. The van der Waals surface area contributed by atoms with Gasteiger partial charge in [0.15, 0.2) is 0 Å². The number of nitrogens with two attached hydrogens (primary N) is 1. The van der Waals surface area contributed by atoms with Crippen molar-refractivity contribution in [3.8, 4) is 0 Å². The number of nitrogens with zero attached hydrogens (tertiary/aromatic N) is 1. The van der Waals surface area contributed by atoms with Gasteiger partial charge in [-0.2, -0.15) is 0 Å². The molecule has 1 rings (SSSR count). The number of anilines is 1. The van der Waals surface area contributed by atoms with Crippen LogP contribution in [0.25, 0.3) is 0 Å². The summed E-state index contributed by atoms with van der Waals surface area (Å²) in [7, 11) is 0. The maximum atomic E-state index is 5.74. The fourth-order valence-electron chi connectivity index (χ4n) is 0.989. The molecule has 0 radical (unpaired) electrons. The van der Waals surface area contributed by atoms with Crippen molar-refractivity contribution < 1.29 is 0 Å². The molecule has 0 unspecified atom stereocenters. The minimum absolute atomic E-state index is 0.907. The molecule has 0 atom stereocenters. The lowest BCUT2D eigenvalue weighted by molar-refractivity contribution is 0.805. The highest BCUT2D eigenvalue weighted by Gasteiger charge is 1.95. The van der Waals surface area contributed by atoms with E-state index in [1.807, 2.05) is 30.3 Å². The number of rotatable bonds is 3. The van der Waals surface area contributed by atoms with Crippen LogP contribution >= 0.6 is 0 Å². The first kappa shape index (κ1) is 8.08. The van der Waals surface area contributed by atoms with Gasteiger partial charge < -0.3 is 5.01 Å². The Labute approximate surface area is 67.6 Å². The number of para-hydroxylation sites is 1. The van der Waals surface area contributed by atoms with E-state index in [0.29, 0.717) is 0 Å². The number of hydrazine groups is 1. The van der Waals surface area contributed by atoms with Crippen LogP contribution in [0.2, 0.25) is 0 Å². The van der Waals surface area contributed by atoms with Crippen LogP contribution in [-0.2, 0) is 0 Å². The molecular weight excluding hydrogens is 136 g/mol. The summed E-state index contributed by atoms with van der Waals surface area (Å²) in [5.74, 6) is 5.74. The zero-order chi connectivity index (χ0) is 8.10. The van der Waals surface area contributed by atoms with Crippen molar-refractivity contribution in [1.82, 2.24) is 0 Å². The van der Waals surface area contributed by atoms with Gasteiger partial charge in [-0.15, -0.1) is 0 Å². The monoisotopic (exact) mass is 150 g/mol. The first-order chi connectivity index (χ1) is 5.34. The van der Waals surface area contributed by atoms with E-state index in [-0.39, 0.29) is 0 Å². The summed E-state index contributed by atoms with van der Waals surface area (Å²) in [4.78, 5) is 0. The summed E-state index contributed by atoms with van der Waals surface area (Å²) in [5, 5.41) is 1.76. The molecule has 0 fully saturated rings. The molecule has 2 heteroatoms. The van der Waals surface area contributed by atoms with Crippen LogP contribution in [0.4, 0.5) is 5.69 Å². The average Bonchev–Trinajstić information content (AvgIpc) is 2.07. The molecule has 60 valence electrons. The van der Waals surface area contributed by atoms with E-state index in [1.165, 1.54) is 0 Å². The summed E-state index contributed by atoms with van der Waals surface area (Å²) in [6.07, 6.45) is 1.07. The molecule has 1 aromatic carbocycles. The SMILES string of the molecule is CCCN(N)c1ccccc1. The molecule has 0 aliphatic carbocycles. The number of hydrogen-bond donors (Lipinski definition) is 1. The summed E-state index contributed by atoms with van der Waals surface area (Å²) in [6.45, 7) is 3.02. The highest BCUT2D eigenvalue weighted by molar-refractivity contribution is 5.43. The molecule has 0 heterocycles. The Hall–Kier alpha value is -1.02. The summed E-state index contributed by atoms with van der Waals surface area (Å²) in [5.41, 5.74) is 1.08. The summed E-state index contributed by atoms with van der Waals surface area (Å²) >= 11 is 0. The van der Waals surface area contributed by atoms with Crippen molar-refractivity contribution in [3.05, 3.63) is 30.3 Å². The summed E-state index contributed by atoms with van der Waals surface area (Å²) < 4.78 is 0. The Balaban J connectivity index is 2.61. The molecule has 0 bridgehead atoms. The molecule has 0 amide bonds. The predicted octanol–water partition coefficient (Wildman–Crippen LogP) is 1.78. The Morgan fingerprint density at radius 3 is 2.45 bits per heavy atom. The average molecular weight is 150 g/mol. The van der Waals surface area contributed by atoms with Gasteiger partial charge in [-0.05, 0) is 18.6 Å². The number of benzene rings is 1. The zero-order valence-corrected chi connectivity index (χ0v) is 6.83. The van der Waals surface area contributed by atoms with Crippen LogP contribution in [0.1, 0.15) is 13.3 Å². The van der Waals surface area contributed by atoms with Gasteiger partial charge in [-0.3, -0.25) is 0 Å². The first-order valence-electron chi connectivity index (χ1n) is 3.92. The fraction of sp³-hybridized carbons (Fsp3) is 0.333. The normalized spacial score (nSPS) is 9.64. The second-order valence-electron chi connectivity index (χ2n) is 2.53. The van der Waals surface area contributed by atoms with Crippen molar-refractivity contribution in [1.29, 1.82) is 0 Å². The van der Waals surface area contributed by atoms with Gasteiger partial charge in [0.1, 0.15) is 0 Å². The van der Waals surface area contributed by atoms with Gasteiger partial charge in [0.05, 0.1) is 5.69 Å². The smallest absolute Gasteiger partial charge is 0.0517 e. The molecule has 11 heavy (non-hydrogen) atoms. The standard InChI is InChI=1S/C9H14N2/c1-2-8-11(10)9-6-4-3-5-7-9/h3-7H,2,8,10H2,1H3. The Morgan fingerprint density at radius 1 is 1.27 bits per heavy atom. The molecule has 2 nitrogen and oxygen atoms in total. The molecule has 0 saturated heterocycles. The van der Waals surface area contributed by atoms with Crippen molar-refractivity contribution in [3.63, 3.8) is 0 Å². The molecule has 0 aliphatic rings. The zero-order valence-electron chi connectivity index (χ0n) is 6.83. The highest BCUT2D eigenvalue weighted by atomic mass is 15.4. The molecule has 0 saturated carbocycles. The fourth-order valence-corrected chi connectivity index (χ4v) is 0.989. The second-order valence-corrected chi connectivity index (χ2v) is 2.53. The lowest BCUT2D eigenvalue weighted by Crippen LogP contribution is -2.31. The minimum atomic E-state index is 0.907. The molecule has 2 N–H and O–H groups in total. The van der Waals surface area contributed by atoms with Gasteiger partial charge in [0.2, 0.25) is 0 Å². The lowest BCUT2D eigenvalue weighted by atomic mass is 10.3. The second kappa shape index (κ2) is 3.98. The Bertz CT molecular complexity index is 196. The first-order valence-corrected chi connectivity index (χ1v) is 3.92. The van der Waals surface area contributed by atoms with E-state index in [2.05, 4.69) is 6.92 Å². The van der Waals surface area contributed by atoms with Crippen molar-refractivity contribution in [2.24, 2.45) is 5.84 Å². The quantitative estimate of drug-likeness (QED) is 0.525. The lowest BCUT2D eigenvalue weighted by Gasteiger charge is -2.16. The molecule has 1 aromatic rings. The van der Waals surface area contributed by atoms with Crippen LogP contribution < -0.4 is 10.9 Å². The third kappa shape index (κ3) is 2.24. The van der Waals surface area contributed by atoms with E-state index >= 15 is 0 Å². The van der Waals surface area contributed by atoms with Crippen LogP contribution in [0, 0.1) is 0 Å². The van der Waals surface area contributed by atoms with Gasteiger partial charge in [-0.1, -0.05) is 25.1 Å². The van der Waals surface area contributed by atoms with Crippen LogP contribution in [-0.4, -0.2) is 6.54 Å². The molecule has 0 aliphatic heterocycles. The topological polar surface area (TPSA) is 29.3 Å². The summed E-state index contributed by atoms with van der Waals surface area (Å²) in [6, 6.07) is 9.99. The Kier molecular flexibility index (Phi) is 2.93. The van der Waals surface area contributed by atoms with Crippen molar-refractivity contribution in [2.75, 3.05) is 11.6 Å². The molecule has 0 spiro atoms. The maximum Gasteiger partial charge on any atom is 0.0517 e. The van der Waals surface area contributed by atoms with Crippen LogP contribution in [0.15, 0.2) is 30.3 Å². The number of hydrogen-bond acceptors (Lipinski definition) is 2. The van der Waals surface area contributed by atoms with Gasteiger partial charge in [0.25, 0.3) is 0 Å². The van der Waals surface area contributed by atoms with Crippen LogP contribution in [0.3, 0.4) is 0 Å². The predicted molar refractivity (Wildman–Crippen MR) is 48.3 cm³/mol. The third-order valence-electron chi connectivity index (χ3n) is 1.55. The van der Waals surface area contributed by atoms with E-state index in [9.17, 15) is 0 Å². The third-order valence-corrected chi connectivity index (χ3v) is 1.55. The molecule has 0 aromatic heterocycles. The van der Waals surface area contributed by atoms with Gasteiger partial charge >= 0.3 is 0 Å². The largest absolute Gasteiger partial charge is 0.311 e. The maximum absolute atomic E-state index is 5.74. The van der Waals surface area contributed by atoms with Crippen LogP contribution in [0.5, 0.6) is 0 Å². The van der Waals surface area contributed by atoms with Crippen molar-refractivity contribution >= 4 is 5.69 Å². The van der Waals surface area contributed by atoms with E-state index in [0.717, 1.165) is 18.7 Å². The minimum Gasteiger partial charge on any atom is -0.311 e. The molecular formula is C9H14N2.